The van der Waals surface area contributed by atoms with Crippen LogP contribution in [0.3, 0.4) is 0 Å². The molecule has 0 aliphatic heterocycles. The Balaban J connectivity index is 2.20. The van der Waals surface area contributed by atoms with Gasteiger partial charge in [0.2, 0.25) is 10.0 Å². The summed E-state index contributed by atoms with van der Waals surface area (Å²) in [6.07, 6.45) is 1.92. The average molecular weight is 361 g/mol. The molecule has 0 atom stereocenters. The van der Waals surface area contributed by atoms with E-state index in [1.165, 1.54) is 4.31 Å². The monoisotopic (exact) mass is 360 g/mol. The van der Waals surface area contributed by atoms with E-state index in [-0.39, 0.29) is 6.04 Å². The molecule has 0 aromatic heterocycles. The van der Waals surface area contributed by atoms with Gasteiger partial charge in [0.1, 0.15) is 0 Å². The second kappa shape index (κ2) is 6.13. The third kappa shape index (κ3) is 3.61. The zero-order valence-corrected chi connectivity index (χ0v) is 14.5. The van der Waals surface area contributed by atoms with Crippen molar-refractivity contribution in [1.82, 2.24) is 9.62 Å². The van der Waals surface area contributed by atoms with Gasteiger partial charge in [-0.2, -0.15) is 4.31 Å². The lowest BCUT2D eigenvalue weighted by atomic mass is 10.2. The van der Waals surface area contributed by atoms with Crippen molar-refractivity contribution in [3.63, 3.8) is 0 Å². The first-order valence-electron chi connectivity index (χ1n) is 6.82. The van der Waals surface area contributed by atoms with E-state index in [1.54, 1.807) is 13.1 Å². The SMILES string of the molecule is CC(C)NCc1ccc(S(=O)(=O)N(C)C2CC2)c(Br)c1. The van der Waals surface area contributed by atoms with E-state index in [0.29, 0.717) is 15.4 Å². The fourth-order valence-corrected chi connectivity index (χ4v) is 4.47. The van der Waals surface area contributed by atoms with Gasteiger partial charge >= 0.3 is 0 Å². The van der Waals surface area contributed by atoms with Gasteiger partial charge in [0.05, 0.1) is 4.90 Å². The molecule has 0 unspecified atom stereocenters. The minimum Gasteiger partial charge on any atom is -0.310 e. The van der Waals surface area contributed by atoms with Crippen molar-refractivity contribution in [1.29, 1.82) is 0 Å². The van der Waals surface area contributed by atoms with E-state index < -0.39 is 10.0 Å². The normalized spacial score (nSPS) is 16.1. The maximum atomic E-state index is 12.5. The number of sulfonamides is 1. The maximum Gasteiger partial charge on any atom is 0.244 e. The molecule has 0 heterocycles. The van der Waals surface area contributed by atoms with Crippen molar-refractivity contribution in [2.45, 2.75) is 50.2 Å². The highest BCUT2D eigenvalue weighted by Gasteiger charge is 2.35. The summed E-state index contributed by atoms with van der Waals surface area (Å²) in [5.74, 6) is 0. The van der Waals surface area contributed by atoms with Gasteiger partial charge in [-0.05, 0) is 46.5 Å². The molecule has 0 radical (unpaired) electrons. The predicted molar refractivity (Wildman–Crippen MR) is 84.1 cm³/mol. The molecular weight excluding hydrogens is 340 g/mol. The number of halogens is 1. The number of nitrogens with zero attached hydrogens (tertiary/aromatic N) is 1. The van der Waals surface area contributed by atoms with Crippen molar-refractivity contribution in [3.8, 4) is 0 Å². The molecular formula is C14H21BrN2O2S. The second-order valence-corrected chi connectivity index (χ2v) is 8.37. The molecule has 0 amide bonds. The molecule has 20 heavy (non-hydrogen) atoms. The van der Waals surface area contributed by atoms with Crippen LogP contribution in [-0.4, -0.2) is 31.9 Å². The first kappa shape index (κ1) is 15.9. The highest BCUT2D eigenvalue weighted by Crippen LogP contribution is 2.33. The first-order chi connectivity index (χ1) is 9.32. The zero-order chi connectivity index (χ0) is 14.9. The standard InChI is InChI=1S/C14H21BrN2O2S/c1-10(2)16-9-11-4-7-14(13(15)8-11)20(18,19)17(3)12-5-6-12/h4,7-8,10,12,16H,5-6,9H2,1-3H3. The molecule has 1 aromatic carbocycles. The van der Waals surface area contributed by atoms with Gasteiger partial charge in [0.25, 0.3) is 0 Å². The van der Waals surface area contributed by atoms with Gasteiger partial charge in [-0.25, -0.2) is 8.42 Å². The lowest BCUT2D eigenvalue weighted by Gasteiger charge is -2.18. The van der Waals surface area contributed by atoms with Crippen LogP contribution in [0.15, 0.2) is 27.6 Å². The summed E-state index contributed by atoms with van der Waals surface area (Å²) >= 11 is 3.39. The number of hydrogen-bond acceptors (Lipinski definition) is 3. The predicted octanol–water partition coefficient (Wildman–Crippen LogP) is 2.73. The van der Waals surface area contributed by atoms with Crippen LogP contribution < -0.4 is 5.32 Å². The van der Waals surface area contributed by atoms with Crippen LogP contribution in [0.1, 0.15) is 32.3 Å². The second-order valence-electron chi connectivity index (χ2n) is 5.55. The van der Waals surface area contributed by atoms with Gasteiger partial charge in [-0.1, -0.05) is 19.9 Å². The van der Waals surface area contributed by atoms with E-state index in [9.17, 15) is 8.42 Å². The Labute approximate surface area is 129 Å². The van der Waals surface area contributed by atoms with Gasteiger partial charge in [0.15, 0.2) is 0 Å². The number of nitrogens with one attached hydrogen (secondary N) is 1. The van der Waals surface area contributed by atoms with Crippen LogP contribution >= 0.6 is 15.9 Å². The van der Waals surface area contributed by atoms with Crippen molar-refractivity contribution >= 4 is 26.0 Å². The molecule has 0 spiro atoms. The molecule has 6 heteroatoms. The van der Waals surface area contributed by atoms with Crippen LogP contribution in [-0.2, 0) is 16.6 Å². The van der Waals surface area contributed by atoms with Crippen LogP contribution in [0.25, 0.3) is 0 Å². The minimum atomic E-state index is -3.39. The summed E-state index contributed by atoms with van der Waals surface area (Å²) < 4.78 is 27.1. The summed E-state index contributed by atoms with van der Waals surface area (Å²) in [4.78, 5) is 0.347. The Morgan fingerprint density at radius 1 is 1.40 bits per heavy atom. The fraction of sp³-hybridized carbons (Fsp3) is 0.571. The third-order valence-corrected chi connectivity index (χ3v) is 6.32. The summed E-state index contributed by atoms with van der Waals surface area (Å²) in [6, 6.07) is 6.01. The van der Waals surface area contributed by atoms with Crippen molar-refractivity contribution < 1.29 is 8.42 Å². The zero-order valence-electron chi connectivity index (χ0n) is 12.1. The molecule has 112 valence electrons. The number of rotatable bonds is 6. The van der Waals surface area contributed by atoms with E-state index in [2.05, 4.69) is 35.1 Å². The van der Waals surface area contributed by atoms with Crippen LogP contribution in [0.2, 0.25) is 0 Å². The van der Waals surface area contributed by atoms with E-state index in [1.807, 2.05) is 12.1 Å². The van der Waals surface area contributed by atoms with Crippen LogP contribution in [0.5, 0.6) is 0 Å². The van der Waals surface area contributed by atoms with Gasteiger partial charge in [-0.15, -0.1) is 0 Å². The molecule has 1 saturated carbocycles. The summed E-state index contributed by atoms with van der Waals surface area (Å²) in [5.41, 5.74) is 1.07. The number of benzene rings is 1. The first-order valence-corrected chi connectivity index (χ1v) is 9.05. The smallest absolute Gasteiger partial charge is 0.244 e. The Bertz CT molecular complexity index is 583. The molecule has 1 fully saturated rings. The number of hydrogen-bond donors (Lipinski definition) is 1. The van der Waals surface area contributed by atoms with E-state index >= 15 is 0 Å². The van der Waals surface area contributed by atoms with Crippen LogP contribution in [0.4, 0.5) is 0 Å². The third-order valence-electron chi connectivity index (χ3n) is 3.43. The molecule has 2 rings (SSSR count). The molecule has 4 nitrogen and oxygen atoms in total. The molecule has 1 aromatic rings. The van der Waals surface area contributed by atoms with Crippen molar-refractivity contribution in [2.75, 3.05) is 7.05 Å². The maximum absolute atomic E-state index is 12.5. The van der Waals surface area contributed by atoms with Gasteiger partial charge in [0, 0.05) is 30.1 Å². The van der Waals surface area contributed by atoms with E-state index in [4.69, 9.17) is 0 Å². The Kier molecular flexibility index (Phi) is 4.89. The Morgan fingerprint density at radius 3 is 2.55 bits per heavy atom. The molecule has 1 aliphatic carbocycles. The summed E-state index contributed by atoms with van der Waals surface area (Å²) in [7, 11) is -1.73. The largest absolute Gasteiger partial charge is 0.310 e. The van der Waals surface area contributed by atoms with Gasteiger partial charge in [-0.3, -0.25) is 0 Å². The van der Waals surface area contributed by atoms with Gasteiger partial charge < -0.3 is 5.32 Å². The Morgan fingerprint density at radius 2 is 2.05 bits per heavy atom. The summed E-state index contributed by atoms with van der Waals surface area (Å²) in [6.45, 7) is 4.89. The lowest BCUT2D eigenvalue weighted by molar-refractivity contribution is 0.464. The summed E-state index contributed by atoms with van der Waals surface area (Å²) in [5, 5.41) is 3.32. The highest BCUT2D eigenvalue weighted by atomic mass is 79.9. The molecule has 0 bridgehead atoms. The highest BCUT2D eigenvalue weighted by molar-refractivity contribution is 9.10. The van der Waals surface area contributed by atoms with Crippen LogP contribution in [0, 0.1) is 0 Å². The van der Waals surface area contributed by atoms with Crippen molar-refractivity contribution in [3.05, 3.63) is 28.2 Å². The lowest BCUT2D eigenvalue weighted by Crippen LogP contribution is -2.29. The Hall–Kier alpha value is -0.430. The minimum absolute atomic E-state index is 0.175. The van der Waals surface area contributed by atoms with Crippen molar-refractivity contribution in [2.24, 2.45) is 0 Å². The topological polar surface area (TPSA) is 49.4 Å². The molecule has 1 N–H and O–H groups in total. The molecule has 1 aliphatic rings. The average Bonchev–Trinajstić information content (AvgIpc) is 3.19. The fourth-order valence-electron chi connectivity index (χ4n) is 1.98. The van der Waals surface area contributed by atoms with E-state index in [0.717, 1.165) is 24.9 Å². The molecule has 0 saturated heterocycles. The quantitative estimate of drug-likeness (QED) is 0.848.